The number of H-pyrrole nitrogens is 1. The molecule has 7 heteroatoms. The molecular weight excluding hydrogens is 336 g/mol. The summed E-state index contributed by atoms with van der Waals surface area (Å²) in [5.74, 6) is 1.57. The van der Waals surface area contributed by atoms with Crippen LogP contribution in [-0.4, -0.2) is 38.3 Å². The second kappa shape index (κ2) is 5.30. The first-order valence-electron chi connectivity index (χ1n) is 9.08. The minimum atomic E-state index is -2.98. The fraction of sp³-hybridized carbons (Fsp3) is 0.556. The Kier molecular flexibility index (Phi) is 3.26. The summed E-state index contributed by atoms with van der Waals surface area (Å²) in [7, 11) is -2.98. The Bertz CT molecular complexity index is 1050. The van der Waals surface area contributed by atoms with Crippen molar-refractivity contribution in [2.45, 2.75) is 55.4 Å². The van der Waals surface area contributed by atoms with Crippen LogP contribution >= 0.6 is 0 Å². The molecule has 132 valence electrons. The Hall–Kier alpha value is -1.89. The summed E-state index contributed by atoms with van der Waals surface area (Å²) >= 11 is 0. The van der Waals surface area contributed by atoms with Gasteiger partial charge >= 0.3 is 0 Å². The summed E-state index contributed by atoms with van der Waals surface area (Å²) in [5.41, 5.74) is 2.79. The third-order valence-electron chi connectivity index (χ3n) is 6.02. The lowest BCUT2D eigenvalue weighted by Crippen LogP contribution is -2.33. The molecule has 0 aliphatic heterocycles. The van der Waals surface area contributed by atoms with Crippen molar-refractivity contribution in [1.82, 2.24) is 19.4 Å². The molecule has 2 aliphatic carbocycles. The van der Waals surface area contributed by atoms with Gasteiger partial charge in [0.2, 0.25) is 0 Å². The largest absolute Gasteiger partial charge is 0.345 e. The SMILES string of the molecule is C[C@H]1CCC(S(=O)(=O)C2CC2)C[C@H]1c1ncc2cnc3[nH]ccc3n12. The van der Waals surface area contributed by atoms with Crippen LogP contribution in [0.2, 0.25) is 0 Å². The fourth-order valence-electron chi connectivity index (χ4n) is 4.37. The molecule has 1 unspecified atom stereocenters. The van der Waals surface area contributed by atoms with Crippen LogP contribution < -0.4 is 0 Å². The molecule has 2 fully saturated rings. The Morgan fingerprint density at radius 1 is 1.12 bits per heavy atom. The van der Waals surface area contributed by atoms with E-state index in [2.05, 4.69) is 21.3 Å². The number of nitrogens with zero attached hydrogens (tertiary/aromatic N) is 3. The lowest BCUT2D eigenvalue weighted by molar-refractivity contribution is 0.319. The number of sulfone groups is 1. The van der Waals surface area contributed by atoms with E-state index in [-0.39, 0.29) is 16.4 Å². The summed E-state index contributed by atoms with van der Waals surface area (Å²) in [5, 5.41) is -0.291. The average Bonchev–Trinajstić information content (AvgIpc) is 3.21. The van der Waals surface area contributed by atoms with Crippen molar-refractivity contribution in [2.75, 3.05) is 0 Å². The predicted molar refractivity (Wildman–Crippen MR) is 96.3 cm³/mol. The molecule has 2 aliphatic rings. The third kappa shape index (κ3) is 2.32. The highest BCUT2D eigenvalue weighted by molar-refractivity contribution is 7.92. The maximum Gasteiger partial charge on any atom is 0.156 e. The van der Waals surface area contributed by atoms with Gasteiger partial charge in [-0.1, -0.05) is 6.92 Å². The zero-order valence-corrected chi connectivity index (χ0v) is 15.0. The Morgan fingerprint density at radius 2 is 1.88 bits per heavy atom. The summed E-state index contributed by atoms with van der Waals surface area (Å²) in [6, 6.07) is 2.01. The van der Waals surface area contributed by atoms with Crippen LogP contribution in [0, 0.1) is 5.92 Å². The second-order valence-electron chi connectivity index (χ2n) is 7.65. The van der Waals surface area contributed by atoms with Crippen LogP contribution in [0.15, 0.2) is 24.7 Å². The molecule has 3 aromatic rings. The second-order valence-corrected chi connectivity index (χ2v) is 10.2. The summed E-state index contributed by atoms with van der Waals surface area (Å²) in [6.07, 6.45) is 9.67. The fourth-order valence-corrected chi connectivity index (χ4v) is 6.65. The van der Waals surface area contributed by atoms with Crippen molar-refractivity contribution in [3.05, 3.63) is 30.5 Å². The normalized spacial score (nSPS) is 28.0. The van der Waals surface area contributed by atoms with Gasteiger partial charge in [-0.3, -0.25) is 4.40 Å². The van der Waals surface area contributed by atoms with Crippen molar-refractivity contribution in [2.24, 2.45) is 5.92 Å². The number of nitrogens with one attached hydrogen (secondary N) is 1. The van der Waals surface area contributed by atoms with Gasteiger partial charge in [0.1, 0.15) is 5.82 Å². The summed E-state index contributed by atoms with van der Waals surface area (Å²) in [6.45, 7) is 2.22. The van der Waals surface area contributed by atoms with Gasteiger partial charge in [-0.15, -0.1) is 0 Å². The zero-order chi connectivity index (χ0) is 17.2. The van der Waals surface area contributed by atoms with Gasteiger partial charge < -0.3 is 4.98 Å². The van der Waals surface area contributed by atoms with Gasteiger partial charge in [-0.05, 0) is 44.1 Å². The first-order valence-corrected chi connectivity index (χ1v) is 10.7. The number of hydrogen-bond donors (Lipinski definition) is 1. The van der Waals surface area contributed by atoms with Crippen LogP contribution in [0.5, 0.6) is 0 Å². The molecule has 0 amide bonds. The molecule has 0 aromatic carbocycles. The minimum absolute atomic E-state index is 0.0795. The number of rotatable bonds is 3. The minimum Gasteiger partial charge on any atom is -0.345 e. The molecule has 25 heavy (non-hydrogen) atoms. The molecule has 3 aromatic heterocycles. The van der Waals surface area contributed by atoms with Crippen molar-refractivity contribution >= 4 is 26.5 Å². The molecule has 3 heterocycles. The smallest absolute Gasteiger partial charge is 0.156 e. The van der Waals surface area contributed by atoms with Crippen LogP contribution in [0.3, 0.4) is 0 Å². The summed E-state index contributed by atoms with van der Waals surface area (Å²) in [4.78, 5) is 12.3. The van der Waals surface area contributed by atoms with Crippen molar-refractivity contribution in [3.8, 4) is 0 Å². The molecule has 0 saturated heterocycles. The van der Waals surface area contributed by atoms with Gasteiger partial charge in [0.15, 0.2) is 15.5 Å². The highest BCUT2D eigenvalue weighted by atomic mass is 32.2. The number of aromatic amines is 1. The topological polar surface area (TPSA) is 80.1 Å². The first kappa shape index (κ1) is 15.4. The van der Waals surface area contributed by atoms with E-state index in [1.165, 1.54) is 0 Å². The van der Waals surface area contributed by atoms with Crippen molar-refractivity contribution < 1.29 is 8.42 Å². The van der Waals surface area contributed by atoms with Crippen molar-refractivity contribution in [3.63, 3.8) is 0 Å². The van der Waals surface area contributed by atoms with Crippen LogP contribution in [0.25, 0.3) is 16.7 Å². The first-order chi connectivity index (χ1) is 12.1. The lowest BCUT2D eigenvalue weighted by Gasteiger charge is -2.33. The van der Waals surface area contributed by atoms with Gasteiger partial charge in [0.05, 0.1) is 33.9 Å². The molecule has 2 saturated carbocycles. The van der Waals surface area contributed by atoms with Crippen LogP contribution in [-0.2, 0) is 9.84 Å². The average molecular weight is 358 g/mol. The number of aromatic nitrogens is 4. The summed E-state index contributed by atoms with van der Waals surface area (Å²) < 4.78 is 27.7. The number of hydrogen-bond acceptors (Lipinski definition) is 4. The molecule has 1 N–H and O–H groups in total. The Balaban J connectivity index is 1.59. The lowest BCUT2D eigenvalue weighted by atomic mass is 9.79. The predicted octanol–water partition coefficient (Wildman–Crippen LogP) is 3.06. The van der Waals surface area contributed by atoms with Crippen LogP contribution in [0.1, 0.15) is 50.8 Å². The monoisotopic (exact) mass is 358 g/mol. The maximum atomic E-state index is 12.8. The van der Waals surface area contributed by atoms with Crippen molar-refractivity contribution in [1.29, 1.82) is 0 Å². The van der Waals surface area contributed by atoms with E-state index in [4.69, 9.17) is 4.98 Å². The van der Waals surface area contributed by atoms with E-state index in [9.17, 15) is 8.42 Å². The van der Waals surface area contributed by atoms with E-state index < -0.39 is 9.84 Å². The van der Waals surface area contributed by atoms with E-state index in [1.54, 1.807) is 0 Å². The van der Waals surface area contributed by atoms with Gasteiger partial charge in [0, 0.05) is 12.1 Å². The Morgan fingerprint density at radius 3 is 2.68 bits per heavy atom. The third-order valence-corrected chi connectivity index (χ3v) is 8.78. The van der Waals surface area contributed by atoms with E-state index in [1.807, 2.05) is 24.7 Å². The standard InChI is InChI=1S/C18H22N4O2S/c1-11-2-3-14(25(23,24)13-4-5-13)8-15(11)18-21-10-12-9-20-17-16(22(12)18)6-7-19-17/h6-7,9-11,13-15,19H,2-5,8H2,1H3/t11-,14?,15+/m0/s1. The van der Waals surface area contributed by atoms with Gasteiger partial charge in [-0.2, -0.15) is 0 Å². The van der Waals surface area contributed by atoms with E-state index >= 15 is 0 Å². The van der Waals surface area contributed by atoms with Crippen LogP contribution in [0.4, 0.5) is 0 Å². The highest BCUT2D eigenvalue weighted by Crippen LogP contribution is 2.43. The highest BCUT2D eigenvalue weighted by Gasteiger charge is 2.45. The molecular formula is C18H22N4O2S. The van der Waals surface area contributed by atoms with Gasteiger partial charge in [0.25, 0.3) is 0 Å². The van der Waals surface area contributed by atoms with E-state index in [0.29, 0.717) is 12.3 Å². The molecule has 0 radical (unpaired) electrons. The number of imidazole rings is 1. The molecule has 0 spiro atoms. The zero-order valence-electron chi connectivity index (χ0n) is 14.2. The maximum absolute atomic E-state index is 12.8. The van der Waals surface area contributed by atoms with E-state index in [0.717, 1.165) is 48.2 Å². The molecule has 3 atom stereocenters. The van der Waals surface area contributed by atoms with Gasteiger partial charge in [-0.25, -0.2) is 18.4 Å². The number of fused-ring (bicyclic) bond motifs is 3. The molecule has 5 rings (SSSR count). The molecule has 6 nitrogen and oxygen atoms in total. The quantitative estimate of drug-likeness (QED) is 0.780. The Labute approximate surface area is 146 Å². The molecule has 0 bridgehead atoms.